The Morgan fingerprint density at radius 1 is 1.18 bits per heavy atom. The van der Waals surface area contributed by atoms with Crippen LogP contribution in [0.5, 0.6) is 0 Å². The zero-order valence-corrected chi connectivity index (χ0v) is 13.9. The molecule has 0 unspecified atom stereocenters. The molecule has 1 heterocycles. The summed E-state index contributed by atoms with van der Waals surface area (Å²) in [6, 6.07) is 9.97. The van der Waals surface area contributed by atoms with Gasteiger partial charge in [0.15, 0.2) is 5.76 Å². The molecule has 1 aromatic heterocycles. The molecule has 22 heavy (non-hydrogen) atoms. The zero-order chi connectivity index (χ0) is 15.9. The van der Waals surface area contributed by atoms with Crippen LogP contribution in [0.3, 0.4) is 0 Å². The molecule has 4 nitrogen and oxygen atoms in total. The lowest BCUT2D eigenvalue weighted by atomic mass is 10.1. The Hall–Kier alpha value is -1.33. The second-order valence-electron chi connectivity index (χ2n) is 5.67. The third-order valence-electron chi connectivity index (χ3n) is 3.55. The Bertz CT molecular complexity index is 596. The van der Waals surface area contributed by atoms with Gasteiger partial charge in [-0.15, -0.1) is 0 Å². The number of nitrogens with two attached hydrogens (primary N) is 2. The van der Waals surface area contributed by atoms with E-state index in [0.717, 1.165) is 53.8 Å². The number of rotatable bonds is 8. The van der Waals surface area contributed by atoms with Crippen molar-refractivity contribution in [2.24, 2.45) is 0 Å². The first-order valence-corrected chi connectivity index (χ1v) is 8.10. The fourth-order valence-electron chi connectivity index (χ4n) is 2.23. The monoisotopic (exact) mass is 324 g/mol. The van der Waals surface area contributed by atoms with E-state index in [1.807, 2.05) is 44.2 Å². The third kappa shape index (κ3) is 5.14. The first-order valence-electron chi connectivity index (χ1n) is 7.73. The number of furan rings is 1. The molecule has 0 aliphatic heterocycles. The summed E-state index contributed by atoms with van der Waals surface area (Å²) in [6.45, 7) is 7.37. The molecule has 5 N–H and O–H groups in total. The fraction of sp³-hybridized carbons (Fsp3) is 0.412. The van der Waals surface area contributed by atoms with E-state index in [0.29, 0.717) is 0 Å². The number of aliphatic hydroxyl groups excluding tert-OH is 1. The highest BCUT2D eigenvalue weighted by Gasteiger charge is 2.08. The summed E-state index contributed by atoms with van der Waals surface area (Å²) in [4.78, 5) is 0. The molecule has 0 aliphatic carbocycles. The number of aliphatic hydroxyl groups is 1. The molecular formula is C17H25ClN2O2+2. The summed E-state index contributed by atoms with van der Waals surface area (Å²) in [7, 11) is 0. The summed E-state index contributed by atoms with van der Waals surface area (Å²) >= 11 is 6.16. The Morgan fingerprint density at radius 2 is 1.95 bits per heavy atom. The number of aryl methyl sites for hydroxylation is 1. The van der Waals surface area contributed by atoms with Gasteiger partial charge in [-0.05, 0) is 37.6 Å². The minimum Gasteiger partial charge on any atom is -0.455 e. The summed E-state index contributed by atoms with van der Waals surface area (Å²) < 4.78 is 5.87. The van der Waals surface area contributed by atoms with Crippen LogP contribution >= 0.6 is 11.6 Å². The van der Waals surface area contributed by atoms with Crippen molar-refractivity contribution in [2.75, 3.05) is 19.6 Å². The van der Waals surface area contributed by atoms with E-state index in [-0.39, 0.29) is 6.10 Å². The normalized spacial score (nSPS) is 12.5. The predicted octanol–water partition coefficient (Wildman–Crippen LogP) is 0.916. The van der Waals surface area contributed by atoms with Crippen molar-refractivity contribution in [3.63, 3.8) is 0 Å². The van der Waals surface area contributed by atoms with E-state index in [4.69, 9.17) is 21.1 Å². The maximum absolute atomic E-state index is 9.17. The lowest BCUT2D eigenvalue weighted by Crippen LogP contribution is -2.95. The number of quaternary nitrogens is 2. The second kappa shape index (κ2) is 8.34. The number of halogens is 1. The molecule has 0 saturated carbocycles. The van der Waals surface area contributed by atoms with Crippen LogP contribution < -0.4 is 10.6 Å². The van der Waals surface area contributed by atoms with E-state index in [1.165, 1.54) is 0 Å². The summed E-state index contributed by atoms with van der Waals surface area (Å²) in [6.07, 6.45) is -0.242. The Kier molecular flexibility index (Phi) is 6.46. The van der Waals surface area contributed by atoms with Gasteiger partial charge < -0.3 is 20.2 Å². The van der Waals surface area contributed by atoms with Gasteiger partial charge in [-0.25, -0.2) is 0 Å². The van der Waals surface area contributed by atoms with Crippen LogP contribution in [0.15, 0.2) is 34.7 Å². The smallest absolute Gasteiger partial charge is 0.158 e. The molecule has 1 atom stereocenters. The van der Waals surface area contributed by atoms with Crippen molar-refractivity contribution in [2.45, 2.75) is 26.5 Å². The Labute approximate surface area is 136 Å². The standard InChI is InChI=1S/C17H23ClN2O2/c1-12-3-4-14(9-16(12)18)17-6-5-15(22-17)11-20-8-7-19-10-13(2)21/h3-6,9,13,19-21H,7-8,10-11H2,1-2H3/p+2/t13-/m0/s1. The summed E-state index contributed by atoms with van der Waals surface area (Å²) in [5, 5.41) is 14.3. The molecule has 0 aliphatic rings. The van der Waals surface area contributed by atoms with Gasteiger partial charge in [-0.2, -0.15) is 0 Å². The largest absolute Gasteiger partial charge is 0.455 e. The SMILES string of the molecule is Cc1ccc(-c2ccc(C[NH2+]CC[NH2+]C[C@H](C)O)o2)cc1Cl. The minimum absolute atomic E-state index is 0.242. The molecule has 0 radical (unpaired) electrons. The number of benzene rings is 1. The minimum atomic E-state index is -0.242. The van der Waals surface area contributed by atoms with Gasteiger partial charge in [-0.3, -0.25) is 0 Å². The second-order valence-corrected chi connectivity index (χ2v) is 6.08. The van der Waals surface area contributed by atoms with Crippen molar-refractivity contribution in [3.05, 3.63) is 46.7 Å². The van der Waals surface area contributed by atoms with Gasteiger partial charge >= 0.3 is 0 Å². The molecule has 0 bridgehead atoms. The molecule has 2 rings (SSSR count). The Morgan fingerprint density at radius 3 is 2.68 bits per heavy atom. The first-order chi connectivity index (χ1) is 10.6. The van der Waals surface area contributed by atoms with Gasteiger partial charge in [0.2, 0.25) is 0 Å². The van der Waals surface area contributed by atoms with Gasteiger partial charge in [0.1, 0.15) is 31.9 Å². The van der Waals surface area contributed by atoms with E-state index in [2.05, 4.69) is 10.6 Å². The van der Waals surface area contributed by atoms with E-state index < -0.39 is 0 Å². The van der Waals surface area contributed by atoms with Crippen LogP contribution in [0.25, 0.3) is 11.3 Å². The van der Waals surface area contributed by atoms with Crippen molar-refractivity contribution in [3.8, 4) is 11.3 Å². The molecule has 5 heteroatoms. The van der Waals surface area contributed by atoms with Crippen LogP contribution in [0, 0.1) is 6.92 Å². The predicted molar refractivity (Wildman–Crippen MR) is 87.7 cm³/mol. The molecule has 0 amide bonds. The van der Waals surface area contributed by atoms with Crippen LogP contribution in [0.4, 0.5) is 0 Å². The van der Waals surface area contributed by atoms with E-state index >= 15 is 0 Å². The van der Waals surface area contributed by atoms with E-state index in [9.17, 15) is 0 Å². The highest BCUT2D eigenvalue weighted by atomic mass is 35.5. The fourth-order valence-corrected chi connectivity index (χ4v) is 2.41. The molecule has 120 valence electrons. The average Bonchev–Trinajstić information content (AvgIpc) is 2.94. The molecule has 0 saturated heterocycles. The zero-order valence-electron chi connectivity index (χ0n) is 13.2. The van der Waals surface area contributed by atoms with Crippen molar-refractivity contribution in [1.29, 1.82) is 0 Å². The maximum atomic E-state index is 9.17. The van der Waals surface area contributed by atoms with Crippen LogP contribution in [0.2, 0.25) is 5.02 Å². The molecular weight excluding hydrogens is 300 g/mol. The summed E-state index contributed by atoms with van der Waals surface area (Å²) in [5.74, 6) is 1.81. The Balaban J connectivity index is 1.80. The lowest BCUT2D eigenvalue weighted by molar-refractivity contribution is -0.733. The lowest BCUT2D eigenvalue weighted by Gasteiger charge is -2.03. The first kappa shape index (κ1) is 17.0. The molecule has 1 aromatic carbocycles. The van der Waals surface area contributed by atoms with Crippen molar-refractivity contribution in [1.82, 2.24) is 0 Å². The van der Waals surface area contributed by atoms with Crippen LogP contribution in [0.1, 0.15) is 18.2 Å². The number of hydrogen-bond donors (Lipinski definition) is 3. The van der Waals surface area contributed by atoms with Gasteiger partial charge in [0, 0.05) is 10.6 Å². The van der Waals surface area contributed by atoms with Crippen LogP contribution in [-0.4, -0.2) is 30.8 Å². The topological polar surface area (TPSA) is 66.6 Å². The quantitative estimate of drug-likeness (QED) is 0.632. The molecule has 2 aromatic rings. The van der Waals surface area contributed by atoms with Crippen molar-refractivity contribution >= 4 is 11.6 Å². The van der Waals surface area contributed by atoms with E-state index in [1.54, 1.807) is 0 Å². The maximum Gasteiger partial charge on any atom is 0.158 e. The number of hydrogen-bond acceptors (Lipinski definition) is 2. The van der Waals surface area contributed by atoms with Gasteiger partial charge in [0.05, 0.1) is 6.10 Å². The average molecular weight is 325 g/mol. The summed E-state index contributed by atoms with van der Waals surface area (Å²) in [5.41, 5.74) is 2.08. The van der Waals surface area contributed by atoms with Gasteiger partial charge in [-0.1, -0.05) is 23.7 Å². The van der Waals surface area contributed by atoms with Crippen molar-refractivity contribution < 1.29 is 20.2 Å². The highest BCUT2D eigenvalue weighted by molar-refractivity contribution is 6.31. The molecule has 0 spiro atoms. The van der Waals surface area contributed by atoms with Crippen LogP contribution in [-0.2, 0) is 6.54 Å². The van der Waals surface area contributed by atoms with Gasteiger partial charge in [0.25, 0.3) is 0 Å². The molecule has 0 fully saturated rings. The third-order valence-corrected chi connectivity index (χ3v) is 3.95. The highest BCUT2D eigenvalue weighted by Crippen LogP contribution is 2.26.